The van der Waals surface area contributed by atoms with Crippen LogP contribution in [0.2, 0.25) is 5.02 Å². The minimum atomic E-state index is -0.477. The van der Waals surface area contributed by atoms with Gasteiger partial charge in [-0.25, -0.2) is 0 Å². The van der Waals surface area contributed by atoms with E-state index in [0.29, 0.717) is 19.8 Å². The predicted molar refractivity (Wildman–Crippen MR) is 104 cm³/mol. The van der Waals surface area contributed by atoms with Gasteiger partial charge in [-0.1, -0.05) is 54.1 Å². The van der Waals surface area contributed by atoms with E-state index in [4.69, 9.17) is 16.3 Å². The van der Waals surface area contributed by atoms with Gasteiger partial charge in [0.1, 0.15) is 0 Å². The maximum absolute atomic E-state index is 13.3. The van der Waals surface area contributed by atoms with Gasteiger partial charge in [-0.05, 0) is 48.9 Å². The maximum atomic E-state index is 13.3. The number of amides is 1. The Bertz CT molecular complexity index is 762. The quantitative estimate of drug-likeness (QED) is 0.856. The van der Waals surface area contributed by atoms with Crippen LogP contribution in [0.1, 0.15) is 36.8 Å². The molecule has 0 radical (unpaired) electrons. The molecule has 0 aromatic heterocycles. The van der Waals surface area contributed by atoms with Gasteiger partial charge >= 0.3 is 0 Å². The topological polar surface area (TPSA) is 38.3 Å². The van der Waals surface area contributed by atoms with E-state index in [1.165, 1.54) is 5.56 Å². The van der Waals surface area contributed by atoms with Crippen LogP contribution in [0.15, 0.2) is 54.6 Å². The Kier molecular flexibility index (Phi) is 4.76. The molecular weight excluding hydrogens is 346 g/mol. The molecule has 1 N–H and O–H groups in total. The summed E-state index contributed by atoms with van der Waals surface area (Å²) >= 11 is 6.02. The second-order valence-corrected chi connectivity index (χ2v) is 7.97. The summed E-state index contributed by atoms with van der Waals surface area (Å²) in [6, 6.07) is 18.2. The Labute approximate surface area is 159 Å². The number of hydrogen-bond donors (Lipinski definition) is 1. The average Bonchev–Trinajstić information content (AvgIpc) is 3.49. The number of benzene rings is 2. The molecule has 1 amide bonds. The molecule has 1 saturated heterocycles. The van der Waals surface area contributed by atoms with Crippen molar-refractivity contribution in [3.63, 3.8) is 0 Å². The molecule has 2 fully saturated rings. The van der Waals surface area contributed by atoms with E-state index >= 15 is 0 Å². The van der Waals surface area contributed by atoms with E-state index in [0.717, 1.165) is 36.3 Å². The van der Waals surface area contributed by atoms with E-state index in [9.17, 15) is 4.79 Å². The second-order valence-electron chi connectivity index (χ2n) is 7.53. The van der Waals surface area contributed by atoms with Gasteiger partial charge in [0.25, 0.3) is 0 Å². The average molecular weight is 370 g/mol. The lowest BCUT2D eigenvalue weighted by atomic mass is 9.73. The first kappa shape index (κ1) is 17.6. The van der Waals surface area contributed by atoms with Gasteiger partial charge in [-0.2, -0.15) is 0 Å². The summed E-state index contributed by atoms with van der Waals surface area (Å²) in [5.74, 6) is 0.132. The van der Waals surface area contributed by atoms with Crippen LogP contribution in [0.4, 0.5) is 0 Å². The highest BCUT2D eigenvalue weighted by Crippen LogP contribution is 2.48. The lowest BCUT2D eigenvalue weighted by Crippen LogP contribution is -2.49. The van der Waals surface area contributed by atoms with Gasteiger partial charge in [-0.3, -0.25) is 4.79 Å². The van der Waals surface area contributed by atoms with Crippen LogP contribution >= 0.6 is 11.6 Å². The lowest BCUT2D eigenvalue weighted by molar-refractivity contribution is -0.130. The molecule has 4 rings (SSSR count). The Morgan fingerprint density at radius 2 is 1.58 bits per heavy atom. The molecular formula is C22H24ClNO2. The van der Waals surface area contributed by atoms with E-state index in [-0.39, 0.29) is 11.3 Å². The van der Waals surface area contributed by atoms with Crippen molar-refractivity contribution in [2.45, 2.75) is 36.5 Å². The Hall–Kier alpha value is -1.84. The third-order valence-electron chi connectivity index (χ3n) is 6.00. The summed E-state index contributed by atoms with van der Waals surface area (Å²) in [5.41, 5.74) is 1.96. The molecule has 1 aliphatic heterocycles. The molecule has 0 bridgehead atoms. The minimum absolute atomic E-state index is 0.0727. The zero-order valence-corrected chi connectivity index (χ0v) is 15.6. The first-order valence-electron chi connectivity index (χ1n) is 9.32. The van der Waals surface area contributed by atoms with Crippen LogP contribution in [-0.2, 0) is 20.4 Å². The van der Waals surface area contributed by atoms with Crippen molar-refractivity contribution in [3.05, 3.63) is 70.7 Å². The fourth-order valence-electron chi connectivity index (χ4n) is 4.06. The monoisotopic (exact) mass is 369 g/mol. The molecule has 0 atom stereocenters. The number of halogens is 1. The third kappa shape index (κ3) is 3.26. The molecule has 136 valence electrons. The largest absolute Gasteiger partial charge is 0.381 e. The standard InChI is InChI=1S/C22H24ClNO2/c23-19-8-6-17(7-9-19)21(10-11-21)16-24-20(25)22(12-14-26-15-13-22)18-4-2-1-3-5-18/h1-9H,10-16H2,(H,24,25). The van der Waals surface area contributed by atoms with Crippen molar-refractivity contribution < 1.29 is 9.53 Å². The van der Waals surface area contributed by atoms with Crippen LogP contribution in [-0.4, -0.2) is 25.7 Å². The van der Waals surface area contributed by atoms with Crippen LogP contribution in [0.25, 0.3) is 0 Å². The van der Waals surface area contributed by atoms with Crippen molar-refractivity contribution in [2.75, 3.05) is 19.8 Å². The number of carbonyl (C=O) groups is 1. The second kappa shape index (κ2) is 7.05. The molecule has 0 unspecified atom stereocenters. The first-order valence-corrected chi connectivity index (χ1v) is 9.70. The minimum Gasteiger partial charge on any atom is -0.381 e. The molecule has 1 heterocycles. The van der Waals surface area contributed by atoms with Gasteiger partial charge < -0.3 is 10.1 Å². The molecule has 1 saturated carbocycles. The van der Waals surface area contributed by atoms with Crippen molar-refractivity contribution >= 4 is 17.5 Å². The Morgan fingerprint density at radius 3 is 2.19 bits per heavy atom. The third-order valence-corrected chi connectivity index (χ3v) is 6.26. The van der Waals surface area contributed by atoms with Crippen LogP contribution in [0, 0.1) is 0 Å². The van der Waals surface area contributed by atoms with Gasteiger partial charge in [0.05, 0.1) is 5.41 Å². The number of rotatable bonds is 5. The molecule has 3 nitrogen and oxygen atoms in total. The molecule has 2 aromatic carbocycles. The number of carbonyl (C=O) groups excluding carboxylic acids is 1. The van der Waals surface area contributed by atoms with Crippen molar-refractivity contribution in [2.24, 2.45) is 0 Å². The summed E-state index contributed by atoms with van der Waals surface area (Å²) in [5, 5.41) is 4.03. The molecule has 2 aromatic rings. The van der Waals surface area contributed by atoms with Crippen LogP contribution < -0.4 is 5.32 Å². The van der Waals surface area contributed by atoms with Gasteiger partial charge in [0.2, 0.25) is 5.91 Å². The van der Waals surface area contributed by atoms with E-state index in [1.54, 1.807) is 0 Å². The summed E-state index contributed by atoms with van der Waals surface area (Å²) < 4.78 is 5.54. The molecule has 1 aliphatic carbocycles. The van der Waals surface area contributed by atoms with Crippen molar-refractivity contribution in [1.29, 1.82) is 0 Å². The van der Waals surface area contributed by atoms with Crippen LogP contribution in [0.3, 0.4) is 0 Å². The van der Waals surface area contributed by atoms with Crippen molar-refractivity contribution in [1.82, 2.24) is 5.32 Å². The fraction of sp³-hybridized carbons (Fsp3) is 0.409. The molecule has 26 heavy (non-hydrogen) atoms. The highest BCUT2D eigenvalue weighted by Gasteiger charge is 2.47. The predicted octanol–water partition coefficient (Wildman–Crippen LogP) is 4.24. The lowest BCUT2D eigenvalue weighted by Gasteiger charge is -2.36. The summed E-state index contributed by atoms with van der Waals surface area (Å²) in [7, 11) is 0. The van der Waals surface area contributed by atoms with Gasteiger partial charge in [-0.15, -0.1) is 0 Å². The van der Waals surface area contributed by atoms with Crippen molar-refractivity contribution in [3.8, 4) is 0 Å². The maximum Gasteiger partial charge on any atom is 0.230 e. The summed E-state index contributed by atoms with van der Waals surface area (Å²) in [6.07, 6.45) is 3.68. The highest BCUT2D eigenvalue weighted by atomic mass is 35.5. The Morgan fingerprint density at radius 1 is 0.923 bits per heavy atom. The number of hydrogen-bond acceptors (Lipinski definition) is 2. The smallest absolute Gasteiger partial charge is 0.230 e. The fourth-order valence-corrected chi connectivity index (χ4v) is 4.19. The van der Waals surface area contributed by atoms with E-state index in [1.807, 2.05) is 30.3 Å². The molecule has 2 aliphatic rings. The van der Waals surface area contributed by atoms with E-state index < -0.39 is 5.41 Å². The number of nitrogens with one attached hydrogen (secondary N) is 1. The molecule has 0 spiro atoms. The molecule has 4 heteroatoms. The van der Waals surface area contributed by atoms with Gasteiger partial charge in [0.15, 0.2) is 0 Å². The zero-order valence-electron chi connectivity index (χ0n) is 14.8. The zero-order chi connectivity index (χ0) is 18.0. The normalized spacial score (nSPS) is 20.3. The SMILES string of the molecule is O=C(NCC1(c2ccc(Cl)cc2)CC1)C1(c2ccccc2)CCOCC1. The Balaban J connectivity index is 1.51. The highest BCUT2D eigenvalue weighted by molar-refractivity contribution is 6.30. The number of ether oxygens (including phenoxy) is 1. The first-order chi connectivity index (χ1) is 12.6. The van der Waals surface area contributed by atoms with Crippen LogP contribution in [0.5, 0.6) is 0 Å². The van der Waals surface area contributed by atoms with E-state index in [2.05, 4.69) is 29.6 Å². The summed E-state index contributed by atoms with van der Waals surface area (Å²) in [6.45, 7) is 1.94. The van der Waals surface area contributed by atoms with Gasteiger partial charge in [0, 0.05) is 30.2 Å². The summed E-state index contributed by atoms with van der Waals surface area (Å²) in [4.78, 5) is 13.3.